The summed E-state index contributed by atoms with van der Waals surface area (Å²) >= 11 is 3.33. The van der Waals surface area contributed by atoms with Crippen LogP contribution in [0.25, 0.3) is 11.0 Å². The minimum Gasteiger partial charge on any atom is -0.384 e. The topological polar surface area (TPSA) is 68.9 Å². The van der Waals surface area contributed by atoms with Gasteiger partial charge in [0.05, 0.1) is 11.0 Å². The number of fused-ring (bicyclic) bond motifs is 1. The second-order valence-electron chi connectivity index (χ2n) is 4.42. The molecule has 1 unspecified atom stereocenters. The van der Waals surface area contributed by atoms with E-state index in [-0.39, 0.29) is 11.3 Å². The Morgan fingerprint density at radius 3 is 2.45 bits per heavy atom. The highest BCUT2D eigenvalue weighted by atomic mass is 79.9. The van der Waals surface area contributed by atoms with Crippen LogP contribution >= 0.6 is 15.9 Å². The molecule has 0 spiro atoms. The van der Waals surface area contributed by atoms with E-state index in [4.69, 9.17) is 0 Å². The summed E-state index contributed by atoms with van der Waals surface area (Å²) in [6.07, 6.45) is -1.12. The number of hydrogen-bond donors (Lipinski definition) is 3. The molecule has 0 bridgehead atoms. The number of benzene rings is 2. The average Bonchev–Trinajstić information content (AvgIpc) is 2.76. The van der Waals surface area contributed by atoms with Crippen LogP contribution in [0.1, 0.15) is 17.2 Å². The lowest BCUT2D eigenvalue weighted by Gasteiger charge is -2.14. The molecule has 3 N–H and O–H groups in total. The monoisotopic (exact) mass is 336 g/mol. The Balaban J connectivity index is 2.16. The third kappa shape index (κ3) is 2.17. The maximum absolute atomic E-state index is 13.7. The van der Waals surface area contributed by atoms with E-state index in [2.05, 4.69) is 25.9 Å². The number of hydrogen-bond acceptors (Lipinski definition) is 2. The van der Waals surface area contributed by atoms with Crippen molar-refractivity contribution in [1.82, 2.24) is 9.97 Å². The molecule has 3 aromatic rings. The van der Waals surface area contributed by atoms with Gasteiger partial charge in [0.2, 0.25) is 0 Å². The lowest BCUT2D eigenvalue weighted by molar-refractivity contribution is 0.214. The van der Waals surface area contributed by atoms with E-state index in [0.29, 0.717) is 21.1 Å². The molecular weight excluding hydrogens is 327 g/mol. The van der Waals surface area contributed by atoms with Crippen molar-refractivity contribution in [3.05, 3.63) is 68.3 Å². The summed E-state index contributed by atoms with van der Waals surface area (Å²) in [5.74, 6) is -0.477. The minimum atomic E-state index is -1.12. The van der Waals surface area contributed by atoms with Crippen LogP contribution in [-0.2, 0) is 0 Å². The summed E-state index contributed by atoms with van der Waals surface area (Å²) in [6, 6.07) is 9.33. The molecule has 0 saturated heterocycles. The summed E-state index contributed by atoms with van der Waals surface area (Å²) in [4.78, 5) is 16.5. The molecule has 1 aromatic heterocycles. The molecular formula is C14H10BrFN2O2. The van der Waals surface area contributed by atoms with Gasteiger partial charge in [0.25, 0.3) is 0 Å². The molecule has 1 heterocycles. The zero-order valence-corrected chi connectivity index (χ0v) is 11.7. The van der Waals surface area contributed by atoms with Crippen molar-refractivity contribution in [2.24, 2.45) is 0 Å². The Kier molecular flexibility index (Phi) is 3.19. The Hall–Kier alpha value is -1.92. The number of nitrogens with one attached hydrogen (secondary N) is 2. The average molecular weight is 337 g/mol. The predicted octanol–water partition coefficient (Wildman–Crippen LogP) is 2.84. The van der Waals surface area contributed by atoms with E-state index in [1.54, 1.807) is 24.3 Å². The van der Waals surface area contributed by atoms with Gasteiger partial charge in [-0.05, 0) is 18.2 Å². The van der Waals surface area contributed by atoms with Gasteiger partial charge in [-0.15, -0.1) is 0 Å². The molecule has 3 rings (SSSR count). The van der Waals surface area contributed by atoms with Crippen molar-refractivity contribution in [3.8, 4) is 0 Å². The van der Waals surface area contributed by atoms with Gasteiger partial charge in [-0.25, -0.2) is 9.18 Å². The van der Waals surface area contributed by atoms with Crippen molar-refractivity contribution >= 4 is 27.0 Å². The molecule has 4 nitrogen and oxygen atoms in total. The van der Waals surface area contributed by atoms with Crippen LogP contribution in [0.4, 0.5) is 4.39 Å². The van der Waals surface area contributed by atoms with Crippen molar-refractivity contribution < 1.29 is 9.50 Å². The quantitative estimate of drug-likeness (QED) is 0.673. The maximum atomic E-state index is 13.7. The van der Waals surface area contributed by atoms with Crippen molar-refractivity contribution in [1.29, 1.82) is 0 Å². The fraction of sp³-hybridized carbons (Fsp3) is 0.0714. The van der Waals surface area contributed by atoms with Crippen molar-refractivity contribution in [2.75, 3.05) is 0 Å². The van der Waals surface area contributed by atoms with Crippen LogP contribution in [0.5, 0.6) is 0 Å². The summed E-state index contributed by atoms with van der Waals surface area (Å²) in [5, 5.41) is 10.3. The molecule has 6 heteroatoms. The van der Waals surface area contributed by atoms with Crippen LogP contribution in [0.15, 0.2) is 45.7 Å². The Morgan fingerprint density at radius 2 is 1.75 bits per heavy atom. The first-order valence-electron chi connectivity index (χ1n) is 5.90. The SMILES string of the molecule is O=c1[nH]c2cc(Br)c(C(O)c3ccccc3F)cc2[nH]1. The highest BCUT2D eigenvalue weighted by molar-refractivity contribution is 9.10. The van der Waals surface area contributed by atoms with Gasteiger partial charge in [-0.2, -0.15) is 0 Å². The normalized spacial score (nSPS) is 12.8. The highest BCUT2D eigenvalue weighted by Gasteiger charge is 2.18. The maximum Gasteiger partial charge on any atom is 0.323 e. The van der Waals surface area contributed by atoms with E-state index in [9.17, 15) is 14.3 Å². The smallest absolute Gasteiger partial charge is 0.323 e. The molecule has 0 fully saturated rings. The fourth-order valence-electron chi connectivity index (χ4n) is 2.15. The van der Waals surface area contributed by atoms with E-state index >= 15 is 0 Å². The van der Waals surface area contributed by atoms with Crippen LogP contribution in [0, 0.1) is 5.82 Å². The Labute approximate surface area is 121 Å². The molecule has 0 aliphatic heterocycles. The zero-order chi connectivity index (χ0) is 14.3. The molecule has 0 saturated carbocycles. The number of imidazole rings is 1. The third-order valence-electron chi connectivity index (χ3n) is 3.13. The summed E-state index contributed by atoms with van der Waals surface area (Å²) in [6.45, 7) is 0. The number of H-pyrrole nitrogens is 2. The third-order valence-corrected chi connectivity index (χ3v) is 3.81. The van der Waals surface area contributed by atoms with E-state index in [1.807, 2.05) is 0 Å². The fourth-order valence-corrected chi connectivity index (χ4v) is 2.71. The Morgan fingerprint density at radius 1 is 1.10 bits per heavy atom. The Bertz CT molecular complexity index is 841. The number of rotatable bonds is 2. The van der Waals surface area contributed by atoms with E-state index in [0.717, 1.165) is 0 Å². The molecule has 1 atom stereocenters. The summed E-state index contributed by atoms with van der Waals surface area (Å²) in [5.41, 5.74) is 1.52. The van der Waals surface area contributed by atoms with Gasteiger partial charge in [-0.3, -0.25) is 0 Å². The largest absolute Gasteiger partial charge is 0.384 e. The van der Waals surface area contributed by atoms with Crippen molar-refractivity contribution in [3.63, 3.8) is 0 Å². The van der Waals surface area contributed by atoms with Crippen molar-refractivity contribution in [2.45, 2.75) is 6.10 Å². The summed E-state index contributed by atoms with van der Waals surface area (Å²) < 4.78 is 14.3. The van der Waals surface area contributed by atoms with Gasteiger partial charge in [0.1, 0.15) is 11.9 Å². The number of aliphatic hydroxyl groups excluding tert-OH is 1. The molecule has 2 aromatic carbocycles. The van der Waals surface area contributed by atoms with Gasteiger partial charge in [0, 0.05) is 15.6 Å². The first-order chi connectivity index (χ1) is 9.56. The molecule has 0 aliphatic rings. The highest BCUT2D eigenvalue weighted by Crippen LogP contribution is 2.32. The van der Waals surface area contributed by atoms with Crippen LogP contribution in [0.3, 0.4) is 0 Å². The number of aliphatic hydroxyl groups is 1. The van der Waals surface area contributed by atoms with Gasteiger partial charge in [-0.1, -0.05) is 34.1 Å². The zero-order valence-electron chi connectivity index (χ0n) is 10.2. The second kappa shape index (κ2) is 4.88. The first kappa shape index (κ1) is 13.1. The number of aromatic nitrogens is 2. The molecule has 0 radical (unpaired) electrons. The van der Waals surface area contributed by atoms with Crippen LogP contribution in [-0.4, -0.2) is 15.1 Å². The van der Waals surface area contributed by atoms with Gasteiger partial charge < -0.3 is 15.1 Å². The first-order valence-corrected chi connectivity index (χ1v) is 6.69. The van der Waals surface area contributed by atoms with Crippen LogP contribution in [0.2, 0.25) is 0 Å². The van der Waals surface area contributed by atoms with E-state index in [1.165, 1.54) is 12.1 Å². The van der Waals surface area contributed by atoms with Crippen LogP contribution < -0.4 is 5.69 Å². The lowest BCUT2D eigenvalue weighted by atomic mass is 10.0. The minimum absolute atomic E-state index is 0.186. The van der Waals surface area contributed by atoms with Gasteiger partial charge in [0.15, 0.2) is 0 Å². The van der Waals surface area contributed by atoms with E-state index < -0.39 is 11.9 Å². The second-order valence-corrected chi connectivity index (χ2v) is 5.28. The van der Waals surface area contributed by atoms with Gasteiger partial charge >= 0.3 is 5.69 Å². The lowest BCUT2D eigenvalue weighted by Crippen LogP contribution is -2.03. The number of aromatic amines is 2. The summed E-state index contributed by atoms with van der Waals surface area (Å²) in [7, 11) is 0. The molecule has 102 valence electrons. The predicted molar refractivity (Wildman–Crippen MR) is 77.1 cm³/mol. The molecule has 0 aliphatic carbocycles. The standard InChI is InChI=1S/C14H10BrFN2O2/c15-9-6-12-11(17-14(20)18-12)5-8(9)13(19)7-3-1-2-4-10(7)16/h1-6,13,19H,(H2,17,18,20). The molecule has 20 heavy (non-hydrogen) atoms. The molecule has 0 amide bonds. The number of halogens is 2.